The highest BCUT2D eigenvalue weighted by molar-refractivity contribution is 5.97. The van der Waals surface area contributed by atoms with Gasteiger partial charge >= 0.3 is 0 Å². The van der Waals surface area contributed by atoms with Crippen molar-refractivity contribution in [2.45, 2.75) is 64.8 Å². The van der Waals surface area contributed by atoms with E-state index in [4.69, 9.17) is 0 Å². The third-order valence-corrected chi connectivity index (χ3v) is 5.36. The highest BCUT2D eigenvalue weighted by Gasteiger charge is 2.35. The van der Waals surface area contributed by atoms with Crippen molar-refractivity contribution in [1.29, 1.82) is 0 Å². The van der Waals surface area contributed by atoms with E-state index in [1.165, 1.54) is 56.6 Å². The summed E-state index contributed by atoms with van der Waals surface area (Å²) >= 11 is 0. The van der Waals surface area contributed by atoms with Crippen LogP contribution >= 0.6 is 0 Å². The Hall–Kier alpha value is -2.65. The van der Waals surface area contributed by atoms with Crippen molar-refractivity contribution in [3.05, 3.63) is 0 Å². The normalized spacial score (nSPS) is 31.9. The molecule has 0 bridgehead atoms. The third-order valence-electron chi connectivity index (χ3n) is 5.36. The average Bonchev–Trinajstić information content (AvgIpc) is 2.67. The summed E-state index contributed by atoms with van der Waals surface area (Å²) in [6, 6.07) is -4.31. The van der Waals surface area contributed by atoms with Gasteiger partial charge in [-0.1, -0.05) is 0 Å². The Morgan fingerprint density at radius 3 is 1.36 bits per heavy atom. The van der Waals surface area contributed by atoms with Crippen LogP contribution in [0.15, 0.2) is 0 Å². The summed E-state index contributed by atoms with van der Waals surface area (Å²) in [4.78, 5) is 66.5. The largest absolute Gasteiger partial charge is 0.343 e. The summed E-state index contributed by atoms with van der Waals surface area (Å²) in [6.07, 6.45) is 0. The molecule has 0 unspecified atom stereocenters. The van der Waals surface area contributed by atoms with E-state index in [0.29, 0.717) is 0 Å². The van der Waals surface area contributed by atoms with Gasteiger partial charge in [0.1, 0.15) is 30.2 Å². The lowest BCUT2D eigenvalue weighted by Crippen LogP contribution is -2.56. The Morgan fingerprint density at radius 1 is 0.536 bits per heavy atom. The van der Waals surface area contributed by atoms with Crippen molar-refractivity contribution >= 4 is 29.5 Å². The fraction of sp³-hybridized carbons (Fsp3) is 0.722. The number of rotatable bonds is 0. The Bertz CT molecular complexity index is 667. The van der Waals surface area contributed by atoms with E-state index in [1.807, 2.05) is 0 Å². The monoisotopic (exact) mass is 397 g/mol. The first-order chi connectivity index (χ1) is 12.8. The number of nitrogens with zero attached hydrogens (tertiary/aromatic N) is 3. The molecule has 1 fully saturated rings. The van der Waals surface area contributed by atoms with Crippen LogP contribution in [-0.4, -0.2) is 95.6 Å². The predicted octanol–water partition coefficient (Wildman–Crippen LogP) is -1.45. The lowest BCUT2D eigenvalue weighted by molar-refractivity contribution is -0.150. The Morgan fingerprint density at radius 2 is 0.893 bits per heavy atom. The highest BCUT2D eigenvalue weighted by Crippen LogP contribution is 2.10. The molecule has 1 aliphatic heterocycles. The molecule has 2 N–H and O–H groups in total. The molecule has 1 rings (SSSR count). The first-order valence-electron chi connectivity index (χ1n) is 9.22. The van der Waals surface area contributed by atoms with Gasteiger partial charge in [0.15, 0.2) is 0 Å². The van der Waals surface area contributed by atoms with Crippen molar-refractivity contribution < 1.29 is 24.0 Å². The van der Waals surface area contributed by atoms with Gasteiger partial charge in [0, 0.05) is 21.1 Å². The molecule has 5 atom stereocenters. The average molecular weight is 397 g/mol. The maximum Gasteiger partial charge on any atom is 0.245 e. The second-order valence-corrected chi connectivity index (χ2v) is 7.34. The van der Waals surface area contributed by atoms with E-state index >= 15 is 0 Å². The molecule has 0 aromatic rings. The molecule has 1 saturated heterocycles. The predicted molar refractivity (Wildman–Crippen MR) is 102 cm³/mol. The van der Waals surface area contributed by atoms with Crippen molar-refractivity contribution in [2.24, 2.45) is 0 Å². The van der Waals surface area contributed by atoms with Gasteiger partial charge in [-0.25, -0.2) is 0 Å². The lowest BCUT2D eigenvalue weighted by Gasteiger charge is -2.34. The van der Waals surface area contributed by atoms with Gasteiger partial charge in [-0.05, 0) is 34.6 Å². The van der Waals surface area contributed by atoms with E-state index in [9.17, 15) is 24.0 Å². The summed E-state index contributed by atoms with van der Waals surface area (Å²) in [5.41, 5.74) is 0. The first kappa shape index (κ1) is 23.4. The fourth-order valence-electron chi connectivity index (χ4n) is 2.77. The first-order valence-corrected chi connectivity index (χ1v) is 9.22. The quantitative estimate of drug-likeness (QED) is 0.518. The zero-order chi connectivity index (χ0) is 21.9. The standard InChI is InChI=1S/C18H31N5O5/c1-9-14(24)20-10(2)16(26)22(7)12(4)18(28)23(8)13(5)17(27)21(6)11(3)15(25)19-9/h9-13H,1-8H3,(H,19,25)(H,20,24)/t9-,10-,11+,12-,13-/m0/s1. The van der Waals surface area contributed by atoms with Gasteiger partial charge in [-0.2, -0.15) is 0 Å². The maximum absolute atomic E-state index is 12.8. The Labute approximate surface area is 165 Å². The van der Waals surface area contributed by atoms with Gasteiger partial charge < -0.3 is 25.3 Å². The molecular weight excluding hydrogens is 366 g/mol. The number of hydrogen-bond acceptors (Lipinski definition) is 5. The summed E-state index contributed by atoms with van der Waals surface area (Å²) in [6.45, 7) is 7.65. The SMILES string of the molecule is C[C@@H]1NC(=O)[C@@H](C)N(C)C(=O)[C@H](C)N(C)C(=O)[C@H](C)N(C)C(=O)[C@H](C)NC1=O. The smallest absolute Gasteiger partial charge is 0.245 e. The molecule has 0 aromatic carbocycles. The molecule has 10 nitrogen and oxygen atoms in total. The molecule has 0 radical (unpaired) electrons. The second kappa shape index (κ2) is 9.03. The van der Waals surface area contributed by atoms with Gasteiger partial charge in [0.25, 0.3) is 0 Å². The van der Waals surface area contributed by atoms with Gasteiger partial charge in [0.05, 0.1) is 0 Å². The molecule has 0 saturated carbocycles. The fourth-order valence-corrected chi connectivity index (χ4v) is 2.77. The van der Waals surface area contributed by atoms with E-state index < -0.39 is 59.7 Å². The van der Waals surface area contributed by atoms with Crippen LogP contribution in [0.5, 0.6) is 0 Å². The van der Waals surface area contributed by atoms with E-state index in [1.54, 1.807) is 13.8 Å². The summed E-state index contributed by atoms with van der Waals surface area (Å²) in [5.74, 6) is -2.37. The van der Waals surface area contributed by atoms with Crippen molar-refractivity contribution in [1.82, 2.24) is 25.3 Å². The zero-order valence-electron chi connectivity index (χ0n) is 17.8. The minimum Gasteiger partial charge on any atom is -0.343 e. The summed E-state index contributed by atoms with van der Waals surface area (Å²) in [5, 5.41) is 5.08. The van der Waals surface area contributed by atoms with Crippen molar-refractivity contribution in [3.8, 4) is 0 Å². The number of nitrogens with one attached hydrogen (secondary N) is 2. The maximum atomic E-state index is 12.8. The summed E-state index contributed by atoms with van der Waals surface area (Å²) in [7, 11) is 4.40. The van der Waals surface area contributed by atoms with Crippen LogP contribution in [0.2, 0.25) is 0 Å². The number of carbonyl (C=O) groups is 5. The molecule has 1 aliphatic rings. The molecule has 10 heteroatoms. The zero-order valence-corrected chi connectivity index (χ0v) is 17.8. The van der Waals surface area contributed by atoms with Crippen LogP contribution in [-0.2, 0) is 24.0 Å². The topological polar surface area (TPSA) is 119 Å². The van der Waals surface area contributed by atoms with Gasteiger partial charge in [0.2, 0.25) is 29.5 Å². The van der Waals surface area contributed by atoms with E-state index in [2.05, 4.69) is 10.6 Å². The van der Waals surface area contributed by atoms with E-state index in [-0.39, 0.29) is 0 Å². The third kappa shape index (κ3) is 4.79. The van der Waals surface area contributed by atoms with Crippen LogP contribution in [0, 0.1) is 0 Å². The minimum atomic E-state index is -0.900. The molecular formula is C18H31N5O5. The second-order valence-electron chi connectivity index (χ2n) is 7.34. The molecule has 28 heavy (non-hydrogen) atoms. The molecule has 0 spiro atoms. The van der Waals surface area contributed by atoms with Crippen molar-refractivity contribution in [3.63, 3.8) is 0 Å². The highest BCUT2D eigenvalue weighted by atomic mass is 16.2. The van der Waals surface area contributed by atoms with Gasteiger partial charge in [-0.3, -0.25) is 24.0 Å². The molecule has 0 aliphatic carbocycles. The molecule has 158 valence electrons. The van der Waals surface area contributed by atoms with E-state index in [0.717, 1.165) is 0 Å². The number of carbonyl (C=O) groups excluding carboxylic acids is 5. The molecule has 0 aromatic heterocycles. The van der Waals surface area contributed by atoms with Crippen LogP contribution in [0.3, 0.4) is 0 Å². The van der Waals surface area contributed by atoms with Crippen LogP contribution in [0.25, 0.3) is 0 Å². The Kier molecular flexibility index (Phi) is 7.54. The van der Waals surface area contributed by atoms with Gasteiger partial charge in [-0.15, -0.1) is 0 Å². The Balaban J connectivity index is 3.29. The van der Waals surface area contributed by atoms with Crippen LogP contribution in [0.4, 0.5) is 0 Å². The summed E-state index contributed by atoms with van der Waals surface area (Å²) < 4.78 is 0. The number of likely N-dealkylation sites (N-methyl/N-ethyl adjacent to an activating group) is 3. The molecule has 1 heterocycles. The number of amides is 5. The minimum absolute atomic E-state index is 0.427. The van der Waals surface area contributed by atoms with Crippen LogP contribution in [0.1, 0.15) is 34.6 Å². The van der Waals surface area contributed by atoms with Crippen molar-refractivity contribution in [2.75, 3.05) is 21.1 Å². The number of hydrogen-bond donors (Lipinski definition) is 2. The molecule has 5 amide bonds. The van der Waals surface area contributed by atoms with Crippen LogP contribution < -0.4 is 10.6 Å². The lowest BCUT2D eigenvalue weighted by atomic mass is 10.1.